The average molecular weight is 360 g/mol. The molecule has 1 atom stereocenters. The van der Waals surface area contributed by atoms with Crippen LogP contribution in [0, 0.1) is 0 Å². The highest BCUT2D eigenvalue weighted by atomic mass is 32.1. The van der Waals surface area contributed by atoms with Gasteiger partial charge in [-0.2, -0.15) is 0 Å². The van der Waals surface area contributed by atoms with Gasteiger partial charge in [-0.05, 0) is 24.3 Å². The summed E-state index contributed by atoms with van der Waals surface area (Å²) in [5.74, 6) is 0.0171. The number of rotatable bonds is 2. The van der Waals surface area contributed by atoms with E-state index in [-0.39, 0.29) is 11.9 Å². The maximum Gasteiger partial charge on any atom is 0.254 e. The van der Waals surface area contributed by atoms with Crippen molar-refractivity contribution in [3.05, 3.63) is 82.9 Å². The third-order valence-corrected chi connectivity index (χ3v) is 5.84. The van der Waals surface area contributed by atoms with Gasteiger partial charge in [-0.3, -0.25) is 4.79 Å². The summed E-state index contributed by atoms with van der Waals surface area (Å²) >= 11 is 1.63. The summed E-state index contributed by atoms with van der Waals surface area (Å²) < 4.78 is 1.12. The summed E-state index contributed by atoms with van der Waals surface area (Å²) in [7, 11) is 0. The van der Waals surface area contributed by atoms with Crippen molar-refractivity contribution in [3.63, 3.8) is 0 Å². The maximum atomic E-state index is 13.2. The molecule has 128 valence electrons. The molecule has 0 saturated heterocycles. The van der Waals surface area contributed by atoms with Crippen LogP contribution in [0.15, 0.2) is 60.9 Å². The summed E-state index contributed by atoms with van der Waals surface area (Å²) in [6, 6.07) is 17.2. The lowest BCUT2D eigenvalue weighted by Crippen LogP contribution is -2.40. The molecule has 0 aliphatic carbocycles. The Morgan fingerprint density at radius 3 is 2.77 bits per heavy atom. The third kappa shape index (κ3) is 2.42. The van der Waals surface area contributed by atoms with Gasteiger partial charge in [-0.15, -0.1) is 11.3 Å². The number of carbonyl (C=O) groups excluding carboxylic acids is 1. The number of fused-ring (bicyclic) bond motifs is 2. The highest BCUT2D eigenvalue weighted by Gasteiger charge is 2.36. The first kappa shape index (κ1) is 15.3. The molecule has 1 N–H and O–H groups in total. The Morgan fingerprint density at radius 1 is 1.12 bits per heavy atom. The van der Waals surface area contributed by atoms with Crippen LogP contribution in [0.2, 0.25) is 0 Å². The molecule has 2 aromatic heterocycles. The van der Waals surface area contributed by atoms with Crippen molar-refractivity contribution in [2.45, 2.75) is 12.5 Å². The normalized spacial score (nSPS) is 16.6. The van der Waals surface area contributed by atoms with Gasteiger partial charge in [-0.25, -0.2) is 9.97 Å². The molecule has 6 heteroatoms. The molecule has 0 radical (unpaired) electrons. The van der Waals surface area contributed by atoms with Crippen LogP contribution in [-0.4, -0.2) is 32.3 Å². The van der Waals surface area contributed by atoms with E-state index in [0.717, 1.165) is 33.0 Å². The molecule has 0 bridgehead atoms. The Labute approximate surface area is 154 Å². The van der Waals surface area contributed by atoms with E-state index in [9.17, 15) is 4.79 Å². The summed E-state index contributed by atoms with van der Waals surface area (Å²) in [5, 5.41) is 0.906. The minimum absolute atomic E-state index is 0.0171. The number of aromatic amines is 1. The fourth-order valence-corrected chi connectivity index (χ4v) is 4.58. The van der Waals surface area contributed by atoms with E-state index in [2.05, 4.69) is 16.0 Å². The van der Waals surface area contributed by atoms with Crippen LogP contribution in [-0.2, 0) is 6.42 Å². The Kier molecular flexibility index (Phi) is 3.57. The smallest absolute Gasteiger partial charge is 0.254 e. The van der Waals surface area contributed by atoms with Crippen molar-refractivity contribution in [2.75, 3.05) is 6.54 Å². The first-order valence-electron chi connectivity index (χ1n) is 8.55. The van der Waals surface area contributed by atoms with Gasteiger partial charge in [0.1, 0.15) is 11.0 Å². The SMILES string of the molecule is O=C(c1ccccc1)N1CCc2[nH]cnc2[C@H]1c1nc2ccccc2s1. The van der Waals surface area contributed by atoms with Gasteiger partial charge in [0.2, 0.25) is 0 Å². The quantitative estimate of drug-likeness (QED) is 0.591. The molecule has 0 fully saturated rings. The lowest BCUT2D eigenvalue weighted by molar-refractivity contribution is 0.0690. The van der Waals surface area contributed by atoms with Gasteiger partial charge in [0.25, 0.3) is 5.91 Å². The topological polar surface area (TPSA) is 61.9 Å². The number of nitrogens with zero attached hydrogens (tertiary/aromatic N) is 3. The summed E-state index contributed by atoms with van der Waals surface area (Å²) in [4.78, 5) is 27.7. The summed E-state index contributed by atoms with van der Waals surface area (Å²) in [6.45, 7) is 0.642. The number of benzene rings is 2. The Bertz CT molecular complexity index is 1050. The first-order chi connectivity index (χ1) is 12.8. The number of aromatic nitrogens is 3. The summed E-state index contributed by atoms with van der Waals surface area (Å²) in [5.41, 5.74) is 3.64. The van der Waals surface area contributed by atoms with Crippen LogP contribution in [0.3, 0.4) is 0 Å². The second kappa shape index (κ2) is 6.07. The molecule has 26 heavy (non-hydrogen) atoms. The lowest BCUT2D eigenvalue weighted by atomic mass is 10.0. The van der Waals surface area contributed by atoms with Gasteiger partial charge < -0.3 is 9.88 Å². The predicted molar refractivity (Wildman–Crippen MR) is 101 cm³/mol. The maximum absolute atomic E-state index is 13.2. The summed E-state index contributed by atoms with van der Waals surface area (Å²) in [6.07, 6.45) is 2.48. The van der Waals surface area contributed by atoms with E-state index in [1.165, 1.54) is 0 Å². The largest absolute Gasteiger partial charge is 0.348 e. The van der Waals surface area contributed by atoms with Crippen LogP contribution in [0.1, 0.15) is 32.8 Å². The number of imidazole rings is 1. The minimum Gasteiger partial charge on any atom is -0.348 e. The molecule has 1 aliphatic heterocycles. The molecular formula is C20H16N4OS. The molecule has 0 spiro atoms. The van der Waals surface area contributed by atoms with Crippen LogP contribution in [0.25, 0.3) is 10.2 Å². The Hall–Kier alpha value is -2.99. The van der Waals surface area contributed by atoms with Crippen LogP contribution < -0.4 is 0 Å². The van der Waals surface area contributed by atoms with Crippen molar-refractivity contribution in [2.24, 2.45) is 0 Å². The molecule has 0 saturated carbocycles. The van der Waals surface area contributed by atoms with Crippen LogP contribution in [0.4, 0.5) is 0 Å². The van der Waals surface area contributed by atoms with E-state index in [4.69, 9.17) is 4.98 Å². The lowest BCUT2D eigenvalue weighted by Gasteiger charge is -2.33. The number of nitrogens with one attached hydrogen (secondary N) is 1. The second-order valence-electron chi connectivity index (χ2n) is 6.30. The zero-order valence-electron chi connectivity index (χ0n) is 13.9. The molecule has 4 aromatic rings. The van der Waals surface area contributed by atoms with Crippen molar-refractivity contribution >= 4 is 27.5 Å². The molecule has 5 nitrogen and oxygen atoms in total. The molecule has 3 heterocycles. The molecule has 2 aromatic carbocycles. The number of para-hydroxylation sites is 1. The highest BCUT2D eigenvalue weighted by Crippen LogP contribution is 2.38. The van der Waals surface area contributed by atoms with Gasteiger partial charge in [0.15, 0.2) is 0 Å². The molecule has 5 rings (SSSR count). The van der Waals surface area contributed by atoms with E-state index < -0.39 is 0 Å². The molecule has 1 aliphatic rings. The molecule has 0 unspecified atom stereocenters. The van der Waals surface area contributed by atoms with Crippen molar-refractivity contribution in [3.8, 4) is 0 Å². The van der Waals surface area contributed by atoms with Crippen molar-refractivity contribution in [1.82, 2.24) is 19.9 Å². The number of carbonyl (C=O) groups is 1. The Morgan fingerprint density at radius 2 is 1.92 bits per heavy atom. The number of hydrogen-bond acceptors (Lipinski definition) is 4. The average Bonchev–Trinajstić information content (AvgIpc) is 3.33. The van der Waals surface area contributed by atoms with Gasteiger partial charge in [0.05, 0.1) is 22.2 Å². The van der Waals surface area contributed by atoms with Gasteiger partial charge >= 0.3 is 0 Å². The monoisotopic (exact) mass is 360 g/mol. The zero-order valence-corrected chi connectivity index (χ0v) is 14.7. The fourth-order valence-electron chi connectivity index (χ4n) is 3.50. The minimum atomic E-state index is -0.255. The van der Waals surface area contributed by atoms with Crippen LogP contribution in [0.5, 0.6) is 0 Å². The highest BCUT2D eigenvalue weighted by molar-refractivity contribution is 7.18. The number of amides is 1. The van der Waals surface area contributed by atoms with E-state index in [1.807, 2.05) is 53.4 Å². The first-order valence-corrected chi connectivity index (χ1v) is 9.36. The van der Waals surface area contributed by atoms with E-state index in [1.54, 1.807) is 17.7 Å². The standard InChI is InChI=1S/C20H16N4OS/c25-20(13-6-2-1-3-7-13)24-11-10-15-17(22-12-21-15)18(24)19-23-14-8-4-5-9-16(14)26-19/h1-9,12,18H,10-11H2,(H,21,22)/t18-/m0/s1. The van der Waals surface area contributed by atoms with E-state index >= 15 is 0 Å². The molecular weight excluding hydrogens is 344 g/mol. The third-order valence-electron chi connectivity index (χ3n) is 4.75. The molecule has 1 amide bonds. The zero-order chi connectivity index (χ0) is 17.5. The van der Waals surface area contributed by atoms with Gasteiger partial charge in [0, 0.05) is 24.2 Å². The van der Waals surface area contributed by atoms with Crippen LogP contribution >= 0.6 is 11.3 Å². The number of hydrogen-bond donors (Lipinski definition) is 1. The predicted octanol–water partition coefficient (Wildman–Crippen LogP) is 3.81. The van der Waals surface area contributed by atoms with Crippen molar-refractivity contribution in [1.29, 1.82) is 0 Å². The number of H-pyrrole nitrogens is 1. The Balaban J connectivity index is 1.63. The number of thiazole rings is 1. The van der Waals surface area contributed by atoms with Gasteiger partial charge in [-0.1, -0.05) is 30.3 Å². The van der Waals surface area contributed by atoms with Crippen molar-refractivity contribution < 1.29 is 4.79 Å². The van der Waals surface area contributed by atoms with E-state index in [0.29, 0.717) is 12.1 Å². The second-order valence-corrected chi connectivity index (χ2v) is 7.37. The fraction of sp³-hybridized carbons (Fsp3) is 0.150.